The van der Waals surface area contributed by atoms with Gasteiger partial charge in [-0.05, 0) is 35.9 Å². The van der Waals surface area contributed by atoms with Gasteiger partial charge in [-0.25, -0.2) is 9.19 Å². The van der Waals surface area contributed by atoms with Crippen molar-refractivity contribution in [1.29, 1.82) is 0 Å². The lowest BCUT2D eigenvalue weighted by Crippen LogP contribution is -1.97. The average molecular weight is 341 g/mol. The molecule has 2 N–H and O–H groups in total. The molecule has 0 fully saturated rings. The molecule has 21 heavy (non-hydrogen) atoms. The summed E-state index contributed by atoms with van der Waals surface area (Å²) in [5, 5.41) is 1.16. The Morgan fingerprint density at radius 1 is 1.19 bits per heavy atom. The van der Waals surface area contributed by atoms with Crippen LogP contribution in [0.2, 0.25) is 10.0 Å². The standard InChI is InChI=1S/C14H10Cl2N2O2S/c15-9-2-1-8(11(16)5-9)7-21(19)14-18-12-6-10(17)3-4-13(12)20-14/h1-6H,7,17H2. The molecule has 0 saturated carbocycles. The van der Waals surface area contributed by atoms with Crippen LogP contribution >= 0.6 is 23.2 Å². The molecule has 4 nitrogen and oxygen atoms in total. The predicted molar refractivity (Wildman–Crippen MR) is 85.0 cm³/mol. The molecule has 0 amide bonds. The largest absolute Gasteiger partial charge is 0.430 e. The van der Waals surface area contributed by atoms with E-state index in [0.29, 0.717) is 26.8 Å². The number of hydrogen-bond acceptors (Lipinski definition) is 4. The van der Waals surface area contributed by atoms with Gasteiger partial charge in [0.25, 0.3) is 5.22 Å². The fourth-order valence-corrected chi connectivity index (χ4v) is 3.46. The summed E-state index contributed by atoms with van der Waals surface area (Å²) in [5.41, 5.74) is 8.11. The van der Waals surface area contributed by atoms with E-state index < -0.39 is 10.8 Å². The molecule has 3 rings (SSSR count). The van der Waals surface area contributed by atoms with Crippen molar-refractivity contribution in [2.75, 3.05) is 5.73 Å². The van der Waals surface area contributed by atoms with Crippen LogP contribution in [0, 0.1) is 0 Å². The summed E-state index contributed by atoms with van der Waals surface area (Å²) >= 11 is 11.9. The van der Waals surface area contributed by atoms with Gasteiger partial charge in [0.15, 0.2) is 5.58 Å². The normalized spacial score (nSPS) is 12.7. The maximum atomic E-state index is 12.3. The zero-order chi connectivity index (χ0) is 15.0. The quantitative estimate of drug-likeness (QED) is 0.731. The van der Waals surface area contributed by atoms with Crippen LogP contribution in [0.15, 0.2) is 46.0 Å². The van der Waals surface area contributed by atoms with Crippen LogP contribution in [0.1, 0.15) is 5.56 Å². The van der Waals surface area contributed by atoms with Crippen LogP contribution in [0.25, 0.3) is 11.1 Å². The van der Waals surface area contributed by atoms with Gasteiger partial charge in [0.2, 0.25) is 0 Å². The summed E-state index contributed by atoms with van der Waals surface area (Å²) in [6, 6.07) is 10.1. The molecule has 7 heteroatoms. The molecular formula is C14H10Cl2N2O2S. The lowest BCUT2D eigenvalue weighted by molar-refractivity contribution is 0.477. The van der Waals surface area contributed by atoms with Gasteiger partial charge in [-0.3, -0.25) is 0 Å². The van der Waals surface area contributed by atoms with Gasteiger partial charge in [-0.2, -0.15) is 0 Å². The number of halogens is 2. The van der Waals surface area contributed by atoms with Crippen molar-refractivity contribution in [3.63, 3.8) is 0 Å². The number of benzene rings is 2. The van der Waals surface area contributed by atoms with E-state index in [1.807, 2.05) is 0 Å². The Kier molecular flexibility index (Phi) is 3.89. The van der Waals surface area contributed by atoms with Crippen molar-refractivity contribution in [2.24, 2.45) is 0 Å². The molecule has 0 aliphatic heterocycles. The first-order valence-corrected chi connectivity index (χ1v) is 8.09. The SMILES string of the molecule is Nc1ccc2oc(S(=O)Cc3ccc(Cl)cc3Cl)nc2c1. The molecule has 1 unspecified atom stereocenters. The van der Waals surface area contributed by atoms with Gasteiger partial charge >= 0.3 is 0 Å². The minimum Gasteiger partial charge on any atom is -0.430 e. The number of aromatic nitrogens is 1. The van der Waals surface area contributed by atoms with Crippen molar-refractivity contribution >= 4 is 50.8 Å². The van der Waals surface area contributed by atoms with Crippen molar-refractivity contribution in [3.05, 3.63) is 52.0 Å². The smallest absolute Gasteiger partial charge is 0.288 e. The third-order valence-electron chi connectivity index (χ3n) is 2.89. The molecule has 2 aromatic carbocycles. The Labute approximate surface area is 133 Å². The first-order chi connectivity index (χ1) is 10.0. The van der Waals surface area contributed by atoms with Crippen LogP contribution < -0.4 is 5.73 Å². The first-order valence-electron chi connectivity index (χ1n) is 6.01. The monoisotopic (exact) mass is 340 g/mol. The summed E-state index contributed by atoms with van der Waals surface area (Å²) in [6.45, 7) is 0. The van der Waals surface area contributed by atoms with E-state index in [9.17, 15) is 4.21 Å². The van der Waals surface area contributed by atoms with Crippen molar-refractivity contribution in [1.82, 2.24) is 4.98 Å². The van der Waals surface area contributed by atoms with Crippen LogP contribution in [0.5, 0.6) is 0 Å². The molecule has 0 bridgehead atoms. The molecule has 1 heterocycles. The molecular weight excluding hydrogens is 331 g/mol. The van der Waals surface area contributed by atoms with Crippen molar-refractivity contribution < 1.29 is 8.63 Å². The van der Waals surface area contributed by atoms with Gasteiger partial charge in [0.05, 0.1) is 5.75 Å². The zero-order valence-electron chi connectivity index (χ0n) is 10.7. The highest BCUT2D eigenvalue weighted by molar-refractivity contribution is 7.84. The Balaban J connectivity index is 1.89. The number of nitrogens with zero attached hydrogens (tertiary/aromatic N) is 1. The number of anilines is 1. The molecule has 0 saturated heterocycles. The third kappa shape index (κ3) is 3.05. The van der Waals surface area contributed by atoms with Crippen LogP contribution in [-0.4, -0.2) is 9.19 Å². The van der Waals surface area contributed by atoms with E-state index in [2.05, 4.69) is 4.98 Å². The summed E-state index contributed by atoms with van der Waals surface area (Å²) in [6.07, 6.45) is 0. The number of hydrogen-bond donors (Lipinski definition) is 1. The number of rotatable bonds is 3. The lowest BCUT2D eigenvalue weighted by Gasteiger charge is -2.02. The zero-order valence-corrected chi connectivity index (χ0v) is 13.0. The van der Waals surface area contributed by atoms with Crippen molar-refractivity contribution in [2.45, 2.75) is 11.0 Å². The number of nitrogen functional groups attached to an aromatic ring is 1. The highest BCUT2D eigenvalue weighted by Crippen LogP contribution is 2.25. The van der Waals surface area contributed by atoms with Gasteiger partial charge in [-0.1, -0.05) is 29.3 Å². The first kappa shape index (κ1) is 14.4. The summed E-state index contributed by atoms with van der Waals surface area (Å²) < 4.78 is 17.8. The van der Waals surface area contributed by atoms with Gasteiger partial charge < -0.3 is 10.2 Å². The molecule has 3 aromatic rings. The highest BCUT2D eigenvalue weighted by Gasteiger charge is 2.15. The maximum absolute atomic E-state index is 12.3. The third-order valence-corrected chi connectivity index (χ3v) is 4.61. The number of oxazole rings is 1. The summed E-state index contributed by atoms with van der Waals surface area (Å²) in [7, 11) is -1.44. The second-order valence-corrected chi connectivity index (χ2v) is 6.61. The van der Waals surface area contributed by atoms with E-state index in [1.54, 1.807) is 36.4 Å². The van der Waals surface area contributed by atoms with E-state index in [0.717, 1.165) is 5.56 Å². The topological polar surface area (TPSA) is 69.1 Å². The summed E-state index contributed by atoms with van der Waals surface area (Å²) in [4.78, 5) is 4.20. The van der Waals surface area contributed by atoms with E-state index in [-0.39, 0.29) is 11.0 Å². The van der Waals surface area contributed by atoms with E-state index in [1.165, 1.54) is 0 Å². The summed E-state index contributed by atoms with van der Waals surface area (Å²) in [5.74, 6) is 0.207. The highest BCUT2D eigenvalue weighted by atomic mass is 35.5. The van der Waals surface area contributed by atoms with Crippen LogP contribution in [0.3, 0.4) is 0 Å². The van der Waals surface area contributed by atoms with Gasteiger partial charge in [0, 0.05) is 15.7 Å². The average Bonchev–Trinajstić information content (AvgIpc) is 2.85. The second-order valence-electron chi connectivity index (χ2n) is 4.43. The van der Waals surface area contributed by atoms with Crippen LogP contribution in [0.4, 0.5) is 5.69 Å². The predicted octanol–water partition coefficient (Wildman–Crippen LogP) is 4.02. The van der Waals surface area contributed by atoms with E-state index in [4.69, 9.17) is 33.4 Å². The molecule has 0 aliphatic carbocycles. The molecule has 1 aromatic heterocycles. The Hall–Kier alpha value is -1.56. The van der Waals surface area contributed by atoms with Gasteiger partial charge in [-0.15, -0.1) is 0 Å². The number of nitrogens with two attached hydrogens (primary N) is 1. The Morgan fingerprint density at radius 3 is 2.76 bits per heavy atom. The molecule has 0 radical (unpaired) electrons. The maximum Gasteiger partial charge on any atom is 0.288 e. The minimum absolute atomic E-state index is 0.154. The molecule has 0 aliphatic rings. The van der Waals surface area contributed by atoms with Crippen molar-refractivity contribution in [3.8, 4) is 0 Å². The minimum atomic E-state index is -1.44. The number of fused-ring (bicyclic) bond motifs is 1. The Morgan fingerprint density at radius 2 is 2.00 bits per heavy atom. The molecule has 1 atom stereocenters. The fourth-order valence-electron chi connectivity index (χ4n) is 1.86. The second kappa shape index (κ2) is 5.67. The lowest BCUT2D eigenvalue weighted by atomic mass is 10.2. The van der Waals surface area contributed by atoms with Crippen LogP contribution in [-0.2, 0) is 16.6 Å². The Bertz CT molecular complexity index is 848. The van der Waals surface area contributed by atoms with E-state index >= 15 is 0 Å². The van der Waals surface area contributed by atoms with Gasteiger partial charge in [0.1, 0.15) is 16.3 Å². The molecule has 0 spiro atoms. The fraction of sp³-hybridized carbons (Fsp3) is 0.0714. The molecule has 108 valence electrons.